The molecule has 0 unspecified atom stereocenters. The molecule has 24 heavy (non-hydrogen) atoms. The zero-order valence-electron chi connectivity index (χ0n) is 13.2. The molecule has 1 amide bonds. The van der Waals surface area contributed by atoms with Crippen molar-refractivity contribution in [3.8, 4) is 0 Å². The van der Waals surface area contributed by atoms with Crippen LogP contribution >= 0.6 is 0 Å². The Morgan fingerprint density at radius 2 is 2.21 bits per heavy atom. The average molecular weight is 337 g/mol. The number of fused-ring (bicyclic) bond motifs is 1. The fraction of sp³-hybridized carbons (Fsp3) is 0.412. The van der Waals surface area contributed by atoms with Gasteiger partial charge in [-0.15, -0.1) is 0 Å². The summed E-state index contributed by atoms with van der Waals surface area (Å²) in [5.74, 6) is 0.205. The van der Waals surface area contributed by atoms with Crippen LogP contribution in [0.5, 0.6) is 0 Å². The Morgan fingerprint density at radius 1 is 1.42 bits per heavy atom. The lowest BCUT2D eigenvalue weighted by Gasteiger charge is -2.15. The lowest BCUT2D eigenvalue weighted by molar-refractivity contribution is -0.137. The second kappa shape index (κ2) is 6.30. The molecule has 0 spiro atoms. The fourth-order valence-corrected chi connectivity index (χ4v) is 2.95. The number of hydrogen-bond donors (Lipinski definition) is 1. The van der Waals surface area contributed by atoms with Gasteiger partial charge in [0, 0.05) is 11.9 Å². The summed E-state index contributed by atoms with van der Waals surface area (Å²) in [7, 11) is 0. The van der Waals surface area contributed by atoms with Gasteiger partial charge in [0.15, 0.2) is 0 Å². The number of benzene rings is 1. The molecule has 1 aliphatic rings. The van der Waals surface area contributed by atoms with Gasteiger partial charge in [-0.05, 0) is 48.9 Å². The third kappa shape index (κ3) is 3.77. The number of carbonyl (C=O) groups is 1. The summed E-state index contributed by atoms with van der Waals surface area (Å²) >= 11 is 0. The highest BCUT2D eigenvalue weighted by molar-refractivity contribution is 5.90. The van der Waals surface area contributed by atoms with Crippen molar-refractivity contribution in [1.29, 1.82) is 0 Å². The van der Waals surface area contributed by atoms with E-state index in [4.69, 9.17) is 0 Å². The SMILES string of the molecule is C[C@@H]1CCc2nn(CC(=O)Nc3cccc(C(F)(F)F)c3)cc2C1. The van der Waals surface area contributed by atoms with Crippen LogP contribution in [0.25, 0.3) is 0 Å². The summed E-state index contributed by atoms with van der Waals surface area (Å²) in [4.78, 5) is 12.1. The summed E-state index contributed by atoms with van der Waals surface area (Å²) in [5, 5.41) is 6.89. The summed E-state index contributed by atoms with van der Waals surface area (Å²) in [5.41, 5.74) is 1.50. The maximum Gasteiger partial charge on any atom is 0.416 e. The smallest absolute Gasteiger partial charge is 0.324 e. The molecular formula is C17H18F3N3O. The average Bonchev–Trinajstić information content (AvgIpc) is 2.87. The van der Waals surface area contributed by atoms with Crippen LogP contribution in [-0.2, 0) is 30.4 Å². The second-order valence-electron chi connectivity index (χ2n) is 6.27. The summed E-state index contributed by atoms with van der Waals surface area (Å²) in [6, 6.07) is 4.60. The van der Waals surface area contributed by atoms with Crippen LogP contribution < -0.4 is 5.32 Å². The maximum atomic E-state index is 12.7. The Morgan fingerprint density at radius 3 is 2.96 bits per heavy atom. The van der Waals surface area contributed by atoms with Gasteiger partial charge in [-0.3, -0.25) is 9.48 Å². The van der Waals surface area contributed by atoms with Crippen molar-refractivity contribution in [3.05, 3.63) is 47.3 Å². The first kappa shape index (κ1) is 16.5. The topological polar surface area (TPSA) is 46.9 Å². The Labute approximate surface area is 137 Å². The number of rotatable bonds is 3. The van der Waals surface area contributed by atoms with E-state index in [1.54, 1.807) is 4.68 Å². The third-order valence-corrected chi connectivity index (χ3v) is 4.15. The van der Waals surface area contributed by atoms with Gasteiger partial charge < -0.3 is 5.32 Å². The van der Waals surface area contributed by atoms with E-state index in [1.165, 1.54) is 12.1 Å². The van der Waals surface area contributed by atoms with Crippen molar-refractivity contribution in [2.75, 3.05) is 5.32 Å². The van der Waals surface area contributed by atoms with Gasteiger partial charge in [0.05, 0.1) is 11.3 Å². The predicted octanol–water partition coefficient (Wildman–Crippen LogP) is 3.67. The van der Waals surface area contributed by atoms with Gasteiger partial charge in [-0.1, -0.05) is 13.0 Å². The Kier molecular flexibility index (Phi) is 4.34. The van der Waals surface area contributed by atoms with Gasteiger partial charge in [-0.25, -0.2) is 0 Å². The summed E-state index contributed by atoms with van der Waals surface area (Å²) in [6.07, 6.45) is 0.360. The zero-order valence-corrected chi connectivity index (χ0v) is 13.2. The van der Waals surface area contributed by atoms with Crippen molar-refractivity contribution in [3.63, 3.8) is 0 Å². The molecule has 1 aromatic carbocycles. The van der Waals surface area contributed by atoms with Crippen molar-refractivity contribution in [2.24, 2.45) is 5.92 Å². The number of nitrogens with zero attached hydrogens (tertiary/aromatic N) is 2. The van der Waals surface area contributed by atoms with Gasteiger partial charge in [0.1, 0.15) is 6.54 Å². The van der Waals surface area contributed by atoms with E-state index in [1.807, 2.05) is 6.20 Å². The first-order valence-electron chi connectivity index (χ1n) is 7.83. The van der Waals surface area contributed by atoms with Crippen LogP contribution in [0.2, 0.25) is 0 Å². The van der Waals surface area contributed by atoms with Crippen molar-refractivity contribution in [2.45, 2.75) is 38.9 Å². The largest absolute Gasteiger partial charge is 0.416 e. The number of nitrogens with one attached hydrogen (secondary N) is 1. The number of aryl methyl sites for hydroxylation is 1. The zero-order chi connectivity index (χ0) is 17.3. The van der Waals surface area contributed by atoms with Gasteiger partial charge >= 0.3 is 6.18 Å². The van der Waals surface area contributed by atoms with Crippen LogP contribution in [0.3, 0.4) is 0 Å². The molecule has 0 bridgehead atoms. The molecule has 1 N–H and O–H groups in total. The molecule has 1 heterocycles. The first-order chi connectivity index (χ1) is 11.3. The number of anilines is 1. The number of halogens is 3. The van der Waals surface area contributed by atoms with E-state index in [-0.39, 0.29) is 12.2 Å². The van der Waals surface area contributed by atoms with E-state index < -0.39 is 17.6 Å². The minimum Gasteiger partial charge on any atom is -0.324 e. The minimum absolute atomic E-state index is 0.0162. The van der Waals surface area contributed by atoms with Crippen molar-refractivity contribution in [1.82, 2.24) is 9.78 Å². The number of aromatic nitrogens is 2. The van der Waals surface area contributed by atoms with Crippen molar-refractivity contribution >= 4 is 11.6 Å². The lowest BCUT2D eigenvalue weighted by Crippen LogP contribution is -2.19. The van der Waals surface area contributed by atoms with E-state index in [0.29, 0.717) is 5.92 Å². The number of alkyl halides is 3. The van der Waals surface area contributed by atoms with E-state index in [9.17, 15) is 18.0 Å². The first-order valence-corrected chi connectivity index (χ1v) is 7.83. The summed E-state index contributed by atoms with van der Waals surface area (Å²) in [6.45, 7) is 2.16. The van der Waals surface area contributed by atoms with E-state index in [2.05, 4.69) is 17.3 Å². The van der Waals surface area contributed by atoms with Crippen LogP contribution in [0.1, 0.15) is 30.2 Å². The van der Waals surface area contributed by atoms with Crippen LogP contribution in [-0.4, -0.2) is 15.7 Å². The van der Waals surface area contributed by atoms with Gasteiger partial charge in [0.25, 0.3) is 0 Å². The maximum absolute atomic E-state index is 12.7. The number of carbonyl (C=O) groups excluding carboxylic acids is 1. The molecule has 0 radical (unpaired) electrons. The van der Waals surface area contributed by atoms with E-state index in [0.717, 1.165) is 42.7 Å². The van der Waals surface area contributed by atoms with Gasteiger partial charge in [-0.2, -0.15) is 18.3 Å². The molecule has 1 atom stereocenters. The second-order valence-corrected chi connectivity index (χ2v) is 6.27. The molecule has 0 saturated carbocycles. The molecule has 1 aromatic heterocycles. The van der Waals surface area contributed by atoms with Crippen LogP contribution in [0.15, 0.2) is 30.5 Å². The minimum atomic E-state index is -4.43. The molecule has 128 valence electrons. The molecule has 0 aliphatic heterocycles. The van der Waals surface area contributed by atoms with Crippen molar-refractivity contribution < 1.29 is 18.0 Å². The highest BCUT2D eigenvalue weighted by atomic mass is 19.4. The Hall–Kier alpha value is -2.31. The molecule has 2 aromatic rings. The lowest BCUT2D eigenvalue weighted by atomic mass is 9.89. The Bertz CT molecular complexity index is 752. The fourth-order valence-electron chi connectivity index (χ4n) is 2.95. The molecular weight excluding hydrogens is 319 g/mol. The standard InChI is InChI=1S/C17H18F3N3O/c1-11-5-6-15-12(7-11)9-23(22-15)10-16(24)21-14-4-2-3-13(8-14)17(18,19)20/h2-4,8-9,11H,5-7,10H2,1H3,(H,21,24)/t11-/m1/s1. The third-order valence-electron chi connectivity index (χ3n) is 4.15. The number of hydrogen-bond acceptors (Lipinski definition) is 2. The highest BCUT2D eigenvalue weighted by Gasteiger charge is 2.30. The molecule has 4 nitrogen and oxygen atoms in total. The molecule has 0 saturated heterocycles. The summed E-state index contributed by atoms with van der Waals surface area (Å²) < 4.78 is 39.6. The quantitative estimate of drug-likeness (QED) is 0.929. The van der Waals surface area contributed by atoms with E-state index >= 15 is 0 Å². The molecule has 7 heteroatoms. The van der Waals surface area contributed by atoms with Crippen LogP contribution in [0, 0.1) is 5.92 Å². The molecule has 0 fully saturated rings. The highest BCUT2D eigenvalue weighted by Crippen LogP contribution is 2.30. The molecule has 3 rings (SSSR count). The normalized spacial score (nSPS) is 17.4. The number of amides is 1. The monoisotopic (exact) mass is 337 g/mol. The molecule has 1 aliphatic carbocycles. The van der Waals surface area contributed by atoms with Crippen LogP contribution in [0.4, 0.5) is 18.9 Å². The Balaban J connectivity index is 1.66. The predicted molar refractivity (Wildman–Crippen MR) is 83.5 cm³/mol. The van der Waals surface area contributed by atoms with Gasteiger partial charge in [0.2, 0.25) is 5.91 Å².